The van der Waals surface area contributed by atoms with Crippen molar-refractivity contribution in [3.63, 3.8) is 0 Å². The van der Waals surface area contributed by atoms with Crippen molar-refractivity contribution >= 4 is 22.5 Å². The molecule has 0 aliphatic heterocycles. The van der Waals surface area contributed by atoms with Crippen molar-refractivity contribution in [2.75, 3.05) is 5.32 Å². The van der Waals surface area contributed by atoms with Gasteiger partial charge >= 0.3 is 6.03 Å². The Morgan fingerprint density at radius 2 is 1.62 bits per heavy atom. The number of amides is 2. The van der Waals surface area contributed by atoms with Crippen molar-refractivity contribution < 1.29 is 9.90 Å². The summed E-state index contributed by atoms with van der Waals surface area (Å²) < 4.78 is 0. The van der Waals surface area contributed by atoms with Gasteiger partial charge in [0.2, 0.25) is 0 Å². The Morgan fingerprint density at radius 3 is 2.29 bits per heavy atom. The number of urea groups is 1. The summed E-state index contributed by atoms with van der Waals surface area (Å²) in [6, 6.07) is 13.3. The lowest BCUT2D eigenvalue weighted by atomic mass is 9.86. The van der Waals surface area contributed by atoms with Gasteiger partial charge in [0.1, 0.15) is 0 Å². The maximum absolute atomic E-state index is 12.2. The second kappa shape index (κ2) is 5.37. The van der Waals surface area contributed by atoms with E-state index < -0.39 is 11.1 Å². The normalized spacial score (nSPS) is 12.2. The van der Waals surface area contributed by atoms with Gasteiger partial charge < -0.3 is 15.7 Å². The molecule has 0 fully saturated rings. The molecule has 0 saturated heterocycles. The van der Waals surface area contributed by atoms with E-state index in [2.05, 4.69) is 10.6 Å². The van der Waals surface area contributed by atoms with Gasteiger partial charge in [0.05, 0.1) is 16.8 Å². The molecular weight excluding hydrogens is 264 g/mol. The molecule has 0 radical (unpaired) electrons. The van der Waals surface area contributed by atoms with Gasteiger partial charge in [0.15, 0.2) is 0 Å². The Bertz CT molecular complexity index is 652. The van der Waals surface area contributed by atoms with E-state index in [0.717, 1.165) is 16.5 Å². The number of hydrogen-bond donors (Lipinski definition) is 3. The van der Waals surface area contributed by atoms with Crippen LogP contribution in [0.5, 0.6) is 0 Å². The van der Waals surface area contributed by atoms with Crippen LogP contribution in [0.2, 0.25) is 0 Å². The Hall–Kier alpha value is -2.07. The minimum atomic E-state index is -1.02. The summed E-state index contributed by atoms with van der Waals surface area (Å²) in [5, 5.41) is 17.8. The fourth-order valence-electron chi connectivity index (χ4n) is 1.92. The SMILES string of the molecule is CC(C)(O)C(C)(C)NC(=O)Nc1cccc2ccccc12. The van der Waals surface area contributed by atoms with Gasteiger partial charge in [0.25, 0.3) is 0 Å². The standard InChI is InChI=1S/C17H22N2O2/c1-16(2,17(3,4)21)19-15(20)18-14-11-7-9-12-8-5-6-10-13(12)14/h5-11,21H,1-4H3,(H2,18,19,20). The van der Waals surface area contributed by atoms with Gasteiger partial charge in [-0.1, -0.05) is 36.4 Å². The Balaban J connectivity index is 2.20. The molecule has 0 bridgehead atoms. The summed E-state index contributed by atoms with van der Waals surface area (Å²) in [4.78, 5) is 12.2. The van der Waals surface area contributed by atoms with E-state index >= 15 is 0 Å². The van der Waals surface area contributed by atoms with Gasteiger partial charge in [-0.2, -0.15) is 0 Å². The molecular formula is C17H22N2O2. The van der Waals surface area contributed by atoms with Crippen LogP contribution in [0.15, 0.2) is 42.5 Å². The number of hydrogen-bond acceptors (Lipinski definition) is 2. The first-order valence-corrected chi connectivity index (χ1v) is 7.00. The van der Waals surface area contributed by atoms with Gasteiger partial charge in [-0.25, -0.2) is 4.79 Å². The molecule has 21 heavy (non-hydrogen) atoms. The molecule has 2 aromatic rings. The zero-order valence-corrected chi connectivity index (χ0v) is 12.9. The molecule has 2 amide bonds. The van der Waals surface area contributed by atoms with E-state index in [1.165, 1.54) is 0 Å². The molecule has 0 spiro atoms. The molecule has 3 N–H and O–H groups in total. The van der Waals surface area contributed by atoms with E-state index in [9.17, 15) is 9.90 Å². The molecule has 2 rings (SSSR count). The number of nitrogens with one attached hydrogen (secondary N) is 2. The lowest BCUT2D eigenvalue weighted by Gasteiger charge is -2.37. The van der Waals surface area contributed by atoms with E-state index in [1.54, 1.807) is 27.7 Å². The second-order valence-electron chi connectivity index (χ2n) is 6.29. The molecule has 0 heterocycles. The number of carbonyl (C=O) groups is 1. The summed E-state index contributed by atoms with van der Waals surface area (Å²) in [6.07, 6.45) is 0. The Kier molecular flexibility index (Phi) is 3.92. The van der Waals surface area contributed by atoms with Crippen molar-refractivity contribution in [2.24, 2.45) is 0 Å². The van der Waals surface area contributed by atoms with Crippen LogP contribution in [0, 0.1) is 0 Å². The van der Waals surface area contributed by atoms with Crippen molar-refractivity contribution in [3.8, 4) is 0 Å². The number of fused-ring (bicyclic) bond motifs is 1. The highest BCUT2D eigenvalue weighted by Gasteiger charge is 2.36. The largest absolute Gasteiger partial charge is 0.388 e. The predicted molar refractivity (Wildman–Crippen MR) is 86.5 cm³/mol. The van der Waals surface area contributed by atoms with E-state index in [-0.39, 0.29) is 6.03 Å². The molecule has 112 valence electrons. The molecule has 0 aliphatic carbocycles. The molecule has 0 aliphatic rings. The minimum Gasteiger partial charge on any atom is -0.388 e. The predicted octanol–water partition coefficient (Wildman–Crippen LogP) is 3.51. The highest BCUT2D eigenvalue weighted by atomic mass is 16.3. The molecule has 0 atom stereocenters. The van der Waals surface area contributed by atoms with Gasteiger partial charge in [-0.05, 0) is 39.1 Å². The highest BCUT2D eigenvalue weighted by molar-refractivity contribution is 6.01. The van der Waals surface area contributed by atoms with Crippen molar-refractivity contribution in [2.45, 2.75) is 38.8 Å². The lowest BCUT2D eigenvalue weighted by molar-refractivity contribution is 0.00185. The summed E-state index contributed by atoms with van der Waals surface area (Å²) in [7, 11) is 0. The molecule has 4 heteroatoms. The van der Waals surface area contributed by atoms with Crippen LogP contribution < -0.4 is 10.6 Å². The zero-order valence-electron chi connectivity index (χ0n) is 12.9. The molecule has 0 aromatic heterocycles. The van der Waals surface area contributed by atoms with Gasteiger partial charge in [0, 0.05) is 5.39 Å². The summed E-state index contributed by atoms with van der Waals surface area (Å²) in [5.74, 6) is 0. The van der Waals surface area contributed by atoms with E-state index in [1.807, 2.05) is 42.5 Å². The smallest absolute Gasteiger partial charge is 0.319 e. The first-order chi connectivity index (χ1) is 9.71. The van der Waals surface area contributed by atoms with Crippen LogP contribution in [0.3, 0.4) is 0 Å². The van der Waals surface area contributed by atoms with Crippen LogP contribution in [-0.2, 0) is 0 Å². The van der Waals surface area contributed by atoms with E-state index in [0.29, 0.717) is 0 Å². The topological polar surface area (TPSA) is 61.4 Å². The zero-order chi connectivity index (χ0) is 15.7. The summed E-state index contributed by atoms with van der Waals surface area (Å²) in [5.41, 5.74) is -1.03. The Labute approximate surface area is 125 Å². The minimum absolute atomic E-state index is 0.335. The number of benzene rings is 2. The average Bonchev–Trinajstić information content (AvgIpc) is 2.37. The molecule has 0 unspecified atom stereocenters. The fourth-order valence-corrected chi connectivity index (χ4v) is 1.92. The average molecular weight is 286 g/mol. The maximum atomic E-state index is 12.2. The second-order valence-corrected chi connectivity index (χ2v) is 6.29. The molecule has 2 aromatic carbocycles. The third kappa shape index (κ3) is 3.34. The van der Waals surface area contributed by atoms with Crippen LogP contribution in [0.25, 0.3) is 10.8 Å². The molecule has 4 nitrogen and oxygen atoms in total. The number of rotatable bonds is 3. The van der Waals surface area contributed by atoms with Crippen LogP contribution in [-0.4, -0.2) is 22.3 Å². The third-order valence-corrected chi connectivity index (χ3v) is 3.99. The summed E-state index contributed by atoms with van der Waals surface area (Å²) in [6.45, 7) is 6.92. The van der Waals surface area contributed by atoms with Crippen LogP contribution in [0.4, 0.5) is 10.5 Å². The van der Waals surface area contributed by atoms with Gasteiger partial charge in [-0.15, -0.1) is 0 Å². The van der Waals surface area contributed by atoms with E-state index in [4.69, 9.17) is 0 Å². The van der Waals surface area contributed by atoms with Crippen molar-refractivity contribution in [1.82, 2.24) is 5.32 Å². The van der Waals surface area contributed by atoms with Crippen LogP contribution >= 0.6 is 0 Å². The maximum Gasteiger partial charge on any atom is 0.319 e. The first kappa shape index (κ1) is 15.3. The van der Waals surface area contributed by atoms with Crippen LogP contribution in [0.1, 0.15) is 27.7 Å². The molecule has 0 saturated carbocycles. The fraction of sp³-hybridized carbons (Fsp3) is 0.353. The summed E-state index contributed by atoms with van der Waals surface area (Å²) >= 11 is 0. The quantitative estimate of drug-likeness (QED) is 0.808. The first-order valence-electron chi connectivity index (χ1n) is 7.00. The number of aliphatic hydroxyl groups is 1. The van der Waals surface area contributed by atoms with Crippen molar-refractivity contribution in [3.05, 3.63) is 42.5 Å². The van der Waals surface area contributed by atoms with Gasteiger partial charge in [-0.3, -0.25) is 0 Å². The third-order valence-electron chi connectivity index (χ3n) is 3.99. The monoisotopic (exact) mass is 286 g/mol. The lowest BCUT2D eigenvalue weighted by Crippen LogP contribution is -2.58. The highest BCUT2D eigenvalue weighted by Crippen LogP contribution is 2.24. The number of carbonyl (C=O) groups excluding carboxylic acids is 1. The van der Waals surface area contributed by atoms with Crippen molar-refractivity contribution in [1.29, 1.82) is 0 Å². The number of anilines is 1. The Morgan fingerprint density at radius 1 is 1.00 bits per heavy atom.